The summed E-state index contributed by atoms with van der Waals surface area (Å²) in [5.74, 6) is -0.986. The Morgan fingerprint density at radius 3 is 2.50 bits per heavy atom. The van der Waals surface area contributed by atoms with E-state index in [0.717, 1.165) is 25.9 Å². The highest BCUT2D eigenvalue weighted by atomic mass is 16.5. The first-order valence-electron chi connectivity index (χ1n) is 6.98. The zero-order chi connectivity index (χ0) is 14.8. The van der Waals surface area contributed by atoms with Crippen molar-refractivity contribution < 1.29 is 19.4 Å². The van der Waals surface area contributed by atoms with E-state index in [2.05, 4.69) is 17.3 Å². The Bertz CT molecular complexity index is 374. The van der Waals surface area contributed by atoms with E-state index in [1.165, 1.54) is 0 Å². The van der Waals surface area contributed by atoms with Crippen molar-refractivity contribution in [1.82, 2.24) is 15.1 Å². The number of likely N-dealkylation sites (tertiary alicyclic amines) is 2. The molecule has 20 heavy (non-hydrogen) atoms. The molecule has 0 aromatic rings. The molecule has 0 atom stereocenters. The summed E-state index contributed by atoms with van der Waals surface area (Å²) in [5.41, 5.74) is -0.525. The van der Waals surface area contributed by atoms with E-state index in [-0.39, 0.29) is 18.7 Å². The summed E-state index contributed by atoms with van der Waals surface area (Å²) >= 11 is 0. The van der Waals surface area contributed by atoms with Gasteiger partial charge in [-0.2, -0.15) is 0 Å². The Balaban J connectivity index is 1.69. The molecule has 0 spiro atoms. The van der Waals surface area contributed by atoms with Crippen LogP contribution in [0.15, 0.2) is 0 Å². The topological polar surface area (TPSA) is 82.1 Å². The fourth-order valence-electron chi connectivity index (χ4n) is 2.65. The standard InChI is InChI=1S/C13H23N3O4/c1-13(20-7-11(17)18)8-16(9-13)12(19)14-10-3-5-15(2)6-4-10/h10H,3-9H2,1-2H3,(H,14,19)(H,17,18). The Kier molecular flexibility index (Phi) is 4.49. The zero-order valence-electron chi connectivity index (χ0n) is 12.1. The van der Waals surface area contributed by atoms with Gasteiger partial charge in [-0.05, 0) is 39.9 Å². The molecule has 2 aliphatic heterocycles. The van der Waals surface area contributed by atoms with Gasteiger partial charge in [0, 0.05) is 6.04 Å². The molecule has 114 valence electrons. The predicted molar refractivity (Wildman–Crippen MR) is 72.6 cm³/mol. The predicted octanol–water partition coefficient (Wildman–Crippen LogP) is -0.0343. The van der Waals surface area contributed by atoms with Gasteiger partial charge in [-0.15, -0.1) is 0 Å². The number of aliphatic carboxylic acids is 1. The molecule has 0 aromatic heterocycles. The van der Waals surface area contributed by atoms with Gasteiger partial charge < -0.3 is 25.0 Å². The SMILES string of the molecule is CN1CCC(NC(=O)N2CC(C)(OCC(=O)O)C2)CC1. The number of carbonyl (C=O) groups excluding carboxylic acids is 1. The van der Waals surface area contributed by atoms with Gasteiger partial charge in [0.2, 0.25) is 0 Å². The molecule has 0 aliphatic carbocycles. The summed E-state index contributed by atoms with van der Waals surface area (Å²) in [7, 11) is 2.08. The van der Waals surface area contributed by atoms with Crippen LogP contribution in [0.25, 0.3) is 0 Å². The van der Waals surface area contributed by atoms with Gasteiger partial charge in [0.05, 0.1) is 13.1 Å². The number of carboxylic acids is 1. The molecule has 0 radical (unpaired) electrons. The number of nitrogens with one attached hydrogen (secondary N) is 1. The molecule has 2 aliphatic rings. The summed E-state index contributed by atoms with van der Waals surface area (Å²) in [6, 6.07) is 0.168. The summed E-state index contributed by atoms with van der Waals surface area (Å²) in [6.07, 6.45) is 1.95. The number of nitrogens with zero attached hydrogens (tertiary/aromatic N) is 2. The quantitative estimate of drug-likeness (QED) is 0.758. The maximum absolute atomic E-state index is 12.0. The molecule has 0 bridgehead atoms. The first-order valence-corrected chi connectivity index (χ1v) is 6.98. The monoisotopic (exact) mass is 285 g/mol. The fraction of sp³-hybridized carbons (Fsp3) is 0.846. The van der Waals surface area contributed by atoms with Crippen LogP contribution in [0.2, 0.25) is 0 Å². The third kappa shape index (κ3) is 3.83. The molecule has 7 heteroatoms. The van der Waals surface area contributed by atoms with Gasteiger partial charge in [0.15, 0.2) is 0 Å². The molecule has 2 rings (SSSR count). The van der Waals surface area contributed by atoms with Crippen LogP contribution in [0.5, 0.6) is 0 Å². The van der Waals surface area contributed by atoms with Crippen LogP contribution in [-0.2, 0) is 9.53 Å². The van der Waals surface area contributed by atoms with Crippen molar-refractivity contribution in [2.45, 2.75) is 31.4 Å². The van der Waals surface area contributed by atoms with E-state index < -0.39 is 11.6 Å². The number of urea groups is 1. The lowest BCUT2D eigenvalue weighted by molar-refractivity contribution is -0.159. The van der Waals surface area contributed by atoms with Crippen LogP contribution in [0, 0.1) is 0 Å². The number of ether oxygens (including phenoxy) is 1. The van der Waals surface area contributed by atoms with Crippen molar-refractivity contribution in [1.29, 1.82) is 0 Å². The Morgan fingerprint density at radius 1 is 1.35 bits per heavy atom. The first-order chi connectivity index (χ1) is 9.38. The van der Waals surface area contributed by atoms with Crippen molar-refractivity contribution in [3.8, 4) is 0 Å². The average molecular weight is 285 g/mol. The molecule has 0 saturated carbocycles. The van der Waals surface area contributed by atoms with Crippen LogP contribution in [0.1, 0.15) is 19.8 Å². The van der Waals surface area contributed by atoms with Gasteiger partial charge >= 0.3 is 12.0 Å². The number of rotatable bonds is 4. The minimum Gasteiger partial charge on any atom is -0.480 e. The molecule has 2 saturated heterocycles. The molecule has 2 fully saturated rings. The number of piperidine rings is 1. The lowest BCUT2D eigenvalue weighted by Gasteiger charge is -2.47. The van der Waals surface area contributed by atoms with Crippen molar-refractivity contribution in [3.05, 3.63) is 0 Å². The number of carboxylic acid groups (broad SMARTS) is 1. The van der Waals surface area contributed by atoms with Gasteiger partial charge in [0.25, 0.3) is 0 Å². The van der Waals surface area contributed by atoms with E-state index in [4.69, 9.17) is 9.84 Å². The smallest absolute Gasteiger partial charge is 0.329 e. The zero-order valence-corrected chi connectivity index (χ0v) is 12.1. The van der Waals surface area contributed by atoms with Crippen LogP contribution >= 0.6 is 0 Å². The molecule has 0 aromatic carbocycles. The van der Waals surface area contributed by atoms with Crippen LogP contribution in [0.4, 0.5) is 4.79 Å². The van der Waals surface area contributed by atoms with Gasteiger partial charge in [0.1, 0.15) is 12.2 Å². The minimum absolute atomic E-state index is 0.0732. The van der Waals surface area contributed by atoms with Crippen LogP contribution < -0.4 is 5.32 Å². The van der Waals surface area contributed by atoms with E-state index in [1.807, 2.05) is 6.92 Å². The second-order valence-electron chi connectivity index (χ2n) is 6.02. The van der Waals surface area contributed by atoms with E-state index in [9.17, 15) is 9.59 Å². The van der Waals surface area contributed by atoms with E-state index >= 15 is 0 Å². The van der Waals surface area contributed by atoms with Crippen LogP contribution in [0.3, 0.4) is 0 Å². The van der Waals surface area contributed by atoms with Gasteiger partial charge in [-0.25, -0.2) is 9.59 Å². The maximum atomic E-state index is 12.0. The van der Waals surface area contributed by atoms with E-state index in [1.54, 1.807) is 4.90 Å². The fourth-order valence-corrected chi connectivity index (χ4v) is 2.65. The van der Waals surface area contributed by atoms with Gasteiger partial charge in [-0.1, -0.05) is 0 Å². The van der Waals surface area contributed by atoms with E-state index in [0.29, 0.717) is 13.1 Å². The third-order valence-corrected chi connectivity index (χ3v) is 3.93. The number of hydrogen-bond acceptors (Lipinski definition) is 4. The second-order valence-corrected chi connectivity index (χ2v) is 6.02. The lowest BCUT2D eigenvalue weighted by atomic mass is 9.97. The maximum Gasteiger partial charge on any atom is 0.329 e. The van der Waals surface area contributed by atoms with Gasteiger partial charge in [-0.3, -0.25) is 0 Å². The summed E-state index contributed by atoms with van der Waals surface area (Å²) in [5, 5.41) is 11.6. The number of hydrogen-bond donors (Lipinski definition) is 2. The van der Waals surface area contributed by atoms with Crippen LogP contribution in [-0.4, -0.2) is 78.4 Å². The normalized spacial score (nSPS) is 23.2. The Morgan fingerprint density at radius 2 is 1.95 bits per heavy atom. The molecule has 0 unspecified atom stereocenters. The molecule has 2 heterocycles. The summed E-state index contributed by atoms with van der Waals surface area (Å²) in [4.78, 5) is 26.4. The minimum atomic E-state index is -0.986. The summed E-state index contributed by atoms with van der Waals surface area (Å²) < 4.78 is 5.28. The highest BCUT2D eigenvalue weighted by Crippen LogP contribution is 2.24. The summed E-state index contributed by atoms with van der Waals surface area (Å²) in [6.45, 7) is 4.41. The molecule has 7 nitrogen and oxygen atoms in total. The molecule has 2 N–H and O–H groups in total. The van der Waals surface area contributed by atoms with Crippen molar-refractivity contribution in [2.24, 2.45) is 0 Å². The third-order valence-electron chi connectivity index (χ3n) is 3.93. The largest absolute Gasteiger partial charge is 0.480 e. The second kappa shape index (κ2) is 5.97. The Labute approximate surface area is 118 Å². The number of amides is 2. The molecular weight excluding hydrogens is 262 g/mol. The number of carbonyl (C=O) groups is 2. The Hall–Kier alpha value is -1.34. The molecular formula is C13H23N3O4. The van der Waals surface area contributed by atoms with Crippen molar-refractivity contribution >= 4 is 12.0 Å². The van der Waals surface area contributed by atoms with Crippen molar-refractivity contribution in [3.63, 3.8) is 0 Å². The first kappa shape index (κ1) is 15.1. The highest BCUT2D eigenvalue weighted by molar-refractivity contribution is 5.76. The molecule has 2 amide bonds. The lowest BCUT2D eigenvalue weighted by Crippen LogP contribution is -2.66. The highest BCUT2D eigenvalue weighted by Gasteiger charge is 2.43. The average Bonchev–Trinajstić information content (AvgIpc) is 2.35. The van der Waals surface area contributed by atoms with Crippen molar-refractivity contribution in [2.75, 3.05) is 39.8 Å².